The number of amides is 1. The van der Waals surface area contributed by atoms with Crippen molar-refractivity contribution in [3.8, 4) is 0 Å². The lowest BCUT2D eigenvalue weighted by molar-refractivity contribution is 0.0919. The first-order valence-corrected chi connectivity index (χ1v) is 7.72. The van der Waals surface area contributed by atoms with Gasteiger partial charge in [-0.2, -0.15) is 0 Å². The highest BCUT2D eigenvalue weighted by atomic mass is 32.2. The van der Waals surface area contributed by atoms with Gasteiger partial charge in [-0.1, -0.05) is 0 Å². The summed E-state index contributed by atoms with van der Waals surface area (Å²) in [4.78, 5) is 11.9. The molecule has 0 aliphatic heterocycles. The molecule has 0 unspecified atom stereocenters. The number of hydrogen-bond acceptors (Lipinski definition) is 3. The number of benzene rings is 1. The van der Waals surface area contributed by atoms with Gasteiger partial charge in [-0.05, 0) is 45.0 Å². The Hall–Kier alpha value is -1.56. The quantitative estimate of drug-likeness (QED) is 0.917. The summed E-state index contributed by atoms with van der Waals surface area (Å²) >= 11 is 0. The summed E-state index contributed by atoms with van der Waals surface area (Å²) in [5.41, 5.74) is 0.717. The lowest BCUT2D eigenvalue weighted by atomic mass is 10.1. The molecular weight excluding hydrogens is 264 g/mol. The lowest BCUT2D eigenvalue weighted by Gasteiger charge is -2.21. The maximum absolute atomic E-state index is 11.9. The number of carbonyl (C=O) groups excluding carboxylic acids is 1. The van der Waals surface area contributed by atoms with Gasteiger partial charge in [0.2, 0.25) is 10.0 Å². The van der Waals surface area contributed by atoms with E-state index in [1.807, 2.05) is 20.8 Å². The summed E-state index contributed by atoms with van der Waals surface area (Å²) in [5.74, 6) is -0.180. The molecule has 5 nitrogen and oxygen atoms in total. The molecule has 0 heterocycles. The highest BCUT2D eigenvalue weighted by Gasteiger charge is 2.16. The predicted octanol–water partition coefficient (Wildman–Crippen LogP) is 1.61. The lowest BCUT2D eigenvalue weighted by Crippen LogP contribution is -2.40. The van der Waals surface area contributed by atoms with Crippen molar-refractivity contribution in [1.82, 2.24) is 5.32 Å². The van der Waals surface area contributed by atoms with Gasteiger partial charge in [0, 0.05) is 18.2 Å². The molecule has 1 rings (SSSR count). The topological polar surface area (TPSA) is 66.5 Å². The van der Waals surface area contributed by atoms with Crippen molar-refractivity contribution >= 4 is 21.6 Å². The van der Waals surface area contributed by atoms with Gasteiger partial charge in [0.1, 0.15) is 0 Å². The van der Waals surface area contributed by atoms with Crippen LogP contribution in [0, 0.1) is 0 Å². The summed E-state index contributed by atoms with van der Waals surface area (Å²) in [6.07, 6.45) is 1.13. The molecule has 0 saturated heterocycles. The minimum atomic E-state index is -3.29. The van der Waals surface area contributed by atoms with E-state index in [1.54, 1.807) is 24.3 Å². The van der Waals surface area contributed by atoms with Crippen LogP contribution < -0.4 is 9.62 Å². The Morgan fingerprint density at radius 3 is 2.00 bits per heavy atom. The van der Waals surface area contributed by atoms with Crippen LogP contribution in [0.15, 0.2) is 24.3 Å². The van der Waals surface area contributed by atoms with Crippen molar-refractivity contribution in [3.05, 3.63) is 29.8 Å². The molecule has 1 N–H and O–H groups in total. The largest absolute Gasteiger partial charge is 0.347 e. The van der Waals surface area contributed by atoms with Crippen LogP contribution in [0.4, 0.5) is 5.69 Å². The smallest absolute Gasteiger partial charge is 0.251 e. The number of nitrogens with one attached hydrogen (secondary N) is 1. The molecular formula is C13H20N2O3S. The van der Waals surface area contributed by atoms with E-state index in [1.165, 1.54) is 11.4 Å². The number of anilines is 1. The minimum Gasteiger partial charge on any atom is -0.347 e. The fourth-order valence-electron chi connectivity index (χ4n) is 1.43. The monoisotopic (exact) mass is 284 g/mol. The highest BCUT2D eigenvalue weighted by molar-refractivity contribution is 7.92. The molecule has 6 heteroatoms. The molecule has 1 aromatic carbocycles. The van der Waals surface area contributed by atoms with E-state index in [0.29, 0.717) is 11.3 Å². The molecule has 19 heavy (non-hydrogen) atoms. The molecule has 0 saturated carbocycles. The Morgan fingerprint density at radius 1 is 1.16 bits per heavy atom. The summed E-state index contributed by atoms with van der Waals surface area (Å²) in [6.45, 7) is 5.70. The second-order valence-corrected chi connectivity index (χ2v) is 7.50. The van der Waals surface area contributed by atoms with E-state index in [-0.39, 0.29) is 11.4 Å². The molecule has 0 spiro atoms. The van der Waals surface area contributed by atoms with Gasteiger partial charge < -0.3 is 5.32 Å². The zero-order valence-corrected chi connectivity index (χ0v) is 12.7. The number of rotatable bonds is 3. The second kappa shape index (κ2) is 5.21. The van der Waals surface area contributed by atoms with E-state index < -0.39 is 10.0 Å². The van der Waals surface area contributed by atoms with Crippen LogP contribution in [-0.2, 0) is 10.0 Å². The Bertz CT molecular complexity index is 557. The third-order valence-corrected chi connectivity index (χ3v) is 3.68. The normalized spacial score (nSPS) is 12.1. The molecule has 106 valence electrons. The Labute approximate surface area is 114 Å². The standard InChI is InChI=1S/C13H20N2O3S/c1-13(2,3)14-12(16)10-6-8-11(9-7-10)15(4)19(5,17)18/h6-9H,1-5H3,(H,14,16). The average molecular weight is 284 g/mol. The van der Waals surface area contributed by atoms with Crippen LogP contribution >= 0.6 is 0 Å². The van der Waals surface area contributed by atoms with Crippen LogP contribution in [0.1, 0.15) is 31.1 Å². The number of nitrogens with zero attached hydrogens (tertiary/aromatic N) is 1. The van der Waals surface area contributed by atoms with Gasteiger partial charge in [0.25, 0.3) is 5.91 Å². The van der Waals surface area contributed by atoms with E-state index in [9.17, 15) is 13.2 Å². The highest BCUT2D eigenvalue weighted by Crippen LogP contribution is 2.16. The van der Waals surface area contributed by atoms with Crippen molar-refractivity contribution in [3.63, 3.8) is 0 Å². The van der Waals surface area contributed by atoms with Crippen molar-refractivity contribution < 1.29 is 13.2 Å². The molecule has 0 fully saturated rings. The van der Waals surface area contributed by atoms with Crippen molar-refractivity contribution in [1.29, 1.82) is 0 Å². The van der Waals surface area contributed by atoms with Gasteiger partial charge in [0.15, 0.2) is 0 Å². The molecule has 0 aliphatic rings. The van der Waals surface area contributed by atoms with Gasteiger partial charge in [-0.3, -0.25) is 9.10 Å². The Morgan fingerprint density at radius 2 is 1.63 bits per heavy atom. The molecule has 0 bridgehead atoms. The molecule has 0 radical (unpaired) electrons. The number of sulfonamides is 1. The van der Waals surface area contributed by atoms with Crippen LogP contribution in [-0.4, -0.2) is 33.2 Å². The first kappa shape index (κ1) is 15.5. The van der Waals surface area contributed by atoms with Crippen molar-refractivity contribution in [2.24, 2.45) is 0 Å². The molecule has 0 aromatic heterocycles. The van der Waals surface area contributed by atoms with Crippen LogP contribution in [0.3, 0.4) is 0 Å². The molecule has 0 atom stereocenters. The Kier molecular flexibility index (Phi) is 4.25. The Balaban J connectivity index is 2.91. The van der Waals surface area contributed by atoms with Crippen molar-refractivity contribution in [2.75, 3.05) is 17.6 Å². The fourth-order valence-corrected chi connectivity index (χ4v) is 1.93. The van der Waals surface area contributed by atoms with E-state index in [2.05, 4.69) is 5.32 Å². The average Bonchev–Trinajstić information content (AvgIpc) is 2.24. The SMILES string of the molecule is CN(c1ccc(C(=O)NC(C)(C)C)cc1)S(C)(=O)=O. The van der Waals surface area contributed by atoms with Crippen molar-refractivity contribution in [2.45, 2.75) is 26.3 Å². The zero-order valence-electron chi connectivity index (χ0n) is 11.9. The summed E-state index contributed by atoms with van der Waals surface area (Å²) in [6, 6.07) is 6.44. The predicted molar refractivity (Wildman–Crippen MR) is 76.9 cm³/mol. The van der Waals surface area contributed by atoms with Crippen LogP contribution in [0.25, 0.3) is 0 Å². The van der Waals surface area contributed by atoms with E-state index in [0.717, 1.165) is 6.26 Å². The van der Waals surface area contributed by atoms with Gasteiger partial charge in [-0.15, -0.1) is 0 Å². The van der Waals surface area contributed by atoms with Gasteiger partial charge >= 0.3 is 0 Å². The zero-order chi connectivity index (χ0) is 14.8. The first-order chi connectivity index (χ1) is 8.50. The molecule has 0 aliphatic carbocycles. The third-order valence-electron chi connectivity index (χ3n) is 2.48. The maximum atomic E-state index is 11.9. The summed E-state index contributed by atoms with van der Waals surface area (Å²) < 4.78 is 23.9. The maximum Gasteiger partial charge on any atom is 0.251 e. The fraction of sp³-hybridized carbons (Fsp3) is 0.462. The van der Waals surface area contributed by atoms with Crippen LogP contribution in [0.2, 0.25) is 0 Å². The first-order valence-electron chi connectivity index (χ1n) is 5.87. The summed E-state index contributed by atoms with van der Waals surface area (Å²) in [5, 5.41) is 2.84. The molecule has 1 aromatic rings. The van der Waals surface area contributed by atoms with Gasteiger partial charge in [-0.25, -0.2) is 8.42 Å². The minimum absolute atomic E-state index is 0.180. The van der Waals surface area contributed by atoms with E-state index in [4.69, 9.17) is 0 Å². The molecule has 1 amide bonds. The third kappa shape index (κ3) is 4.55. The number of hydrogen-bond donors (Lipinski definition) is 1. The van der Waals surface area contributed by atoms with E-state index >= 15 is 0 Å². The van der Waals surface area contributed by atoms with Gasteiger partial charge in [0.05, 0.1) is 11.9 Å². The number of carbonyl (C=O) groups is 1. The van der Waals surface area contributed by atoms with Crippen LogP contribution in [0.5, 0.6) is 0 Å². The summed E-state index contributed by atoms with van der Waals surface area (Å²) in [7, 11) is -1.81. The second-order valence-electron chi connectivity index (χ2n) is 5.48.